The Bertz CT molecular complexity index is 578. The van der Waals surface area contributed by atoms with Crippen molar-refractivity contribution in [3.05, 3.63) is 48.0 Å². The fraction of sp³-hybridized carbons (Fsp3) is 0.444. The third-order valence-electron chi connectivity index (χ3n) is 4.16. The average molecular weight is 317 g/mol. The third kappa shape index (κ3) is 2.77. The van der Waals surface area contributed by atoms with Crippen LogP contribution >= 0.6 is 0 Å². The maximum atomic E-state index is 12.8. The van der Waals surface area contributed by atoms with Gasteiger partial charge in [0.05, 0.1) is 19.3 Å². The molecule has 5 nitrogen and oxygen atoms in total. The Hall–Kier alpha value is -2.14. The lowest BCUT2D eigenvalue weighted by molar-refractivity contribution is -0.171. The predicted molar refractivity (Wildman–Crippen MR) is 86.7 cm³/mol. The van der Waals surface area contributed by atoms with Crippen LogP contribution in [0.5, 0.6) is 0 Å². The van der Waals surface area contributed by atoms with E-state index in [0.29, 0.717) is 12.1 Å². The van der Waals surface area contributed by atoms with Crippen molar-refractivity contribution < 1.29 is 19.1 Å². The first kappa shape index (κ1) is 17.2. The number of nitrogens with zero attached hydrogens (tertiary/aromatic N) is 1. The highest BCUT2D eigenvalue weighted by Gasteiger charge is 2.62. The molecule has 1 aliphatic heterocycles. The second-order valence-electron chi connectivity index (χ2n) is 5.58. The highest BCUT2D eigenvalue weighted by Crippen LogP contribution is 2.50. The number of likely N-dealkylation sites (tertiary alicyclic amines) is 1. The van der Waals surface area contributed by atoms with Crippen molar-refractivity contribution >= 4 is 11.9 Å². The van der Waals surface area contributed by atoms with E-state index in [2.05, 4.69) is 6.58 Å². The molecule has 0 saturated carbocycles. The van der Waals surface area contributed by atoms with E-state index in [1.165, 1.54) is 0 Å². The van der Waals surface area contributed by atoms with Crippen molar-refractivity contribution in [2.24, 2.45) is 5.41 Å². The van der Waals surface area contributed by atoms with Crippen LogP contribution in [-0.4, -0.2) is 43.6 Å². The molecular weight excluding hydrogens is 294 g/mol. The van der Waals surface area contributed by atoms with Crippen LogP contribution < -0.4 is 0 Å². The Morgan fingerprint density at radius 2 is 1.70 bits per heavy atom. The SMILES string of the molecule is C=C1CN(C)C(c2ccccc2)C1(C(=O)OCC)C(=O)OCC. The van der Waals surface area contributed by atoms with Crippen molar-refractivity contribution in [1.82, 2.24) is 4.90 Å². The van der Waals surface area contributed by atoms with Crippen molar-refractivity contribution in [3.8, 4) is 0 Å². The van der Waals surface area contributed by atoms with Crippen LogP contribution in [0, 0.1) is 5.41 Å². The molecule has 0 bridgehead atoms. The Kier molecular flexibility index (Phi) is 5.21. The summed E-state index contributed by atoms with van der Waals surface area (Å²) in [6.07, 6.45) is 0. The van der Waals surface area contributed by atoms with Crippen molar-refractivity contribution in [2.45, 2.75) is 19.9 Å². The van der Waals surface area contributed by atoms with E-state index in [1.807, 2.05) is 42.3 Å². The smallest absolute Gasteiger partial charge is 0.329 e. The topological polar surface area (TPSA) is 55.8 Å². The molecule has 0 spiro atoms. The zero-order chi connectivity index (χ0) is 17.0. The number of carbonyl (C=O) groups is 2. The Morgan fingerprint density at radius 3 is 2.17 bits per heavy atom. The van der Waals surface area contributed by atoms with E-state index in [9.17, 15) is 9.59 Å². The third-order valence-corrected chi connectivity index (χ3v) is 4.16. The summed E-state index contributed by atoms with van der Waals surface area (Å²) in [6.45, 7) is 8.25. The molecule has 0 aliphatic carbocycles. The fourth-order valence-corrected chi connectivity index (χ4v) is 3.27. The van der Waals surface area contributed by atoms with E-state index in [4.69, 9.17) is 9.47 Å². The number of carbonyl (C=O) groups excluding carboxylic acids is 2. The fourth-order valence-electron chi connectivity index (χ4n) is 3.27. The van der Waals surface area contributed by atoms with Gasteiger partial charge in [0.25, 0.3) is 0 Å². The lowest BCUT2D eigenvalue weighted by Crippen LogP contribution is -2.47. The number of ether oxygens (including phenoxy) is 2. The summed E-state index contributed by atoms with van der Waals surface area (Å²) in [5.41, 5.74) is -0.164. The summed E-state index contributed by atoms with van der Waals surface area (Å²) in [7, 11) is 1.86. The van der Waals surface area contributed by atoms with Crippen molar-refractivity contribution in [1.29, 1.82) is 0 Å². The molecule has 2 rings (SSSR count). The zero-order valence-electron chi connectivity index (χ0n) is 13.9. The van der Waals surface area contributed by atoms with E-state index in [-0.39, 0.29) is 13.2 Å². The summed E-state index contributed by atoms with van der Waals surface area (Å²) in [5.74, 6) is -1.19. The van der Waals surface area contributed by atoms with Gasteiger partial charge in [-0.2, -0.15) is 0 Å². The first-order valence-electron chi connectivity index (χ1n) is 7.77. The number of esters is 2. The molecule has 1 heterocycles. The summed E-state index contributed by atoms with van der Waals surface area (Å²) in [5, 5.41) is 0. The van der Waals surface area contributed by atoms with Crippen LogP contribution in [0.25, 0.3) is 0 Å². The average Bonchev–Trinajstić information content (AvgIpc) is 2.80. The molecule has 1 saturated heterocycles. The first-order valence-corrected chi connectivity index (χ1v) is 7.77. The van der Waals surface area contributed by atoms with Gasteiger partial charge >= 0.3 is 11.9 Å². The molecule has 23 heavy (non-hydrogen) atoms. The van der Waals surface area contributed by atoms with Crippen molar-refractivity contribution in [2.75, 3.05) is 26.8 Å². The molecule has 0 N–H and O–H groups in total. The molecule has 1 aromatic carbocycles. The van der Waals surface area contributed by atoms with Gasteiger partial charge in [0.15, 0.2) is 0 Å². The van der Waals surface area contributed by atoms with E-state index in [1.54, 1.807) is 13.8 Å². The van der Waals surface area contributed by atoms with E-state index in [0.717, 1.165) is 5.56 Å². The second kappa shape index (κ2) is 6.96. The lowest BCUT2D eigenvalue weighted by atomic mass is 9.74. The van der Waals surface area contributed by atoms with Crippen LogP contribution in [0.2, 0.25) is 0 Å². The van der Waals surface area contributed by atoms with Gasteiger partial charge in [-0.1, -0.05) is 36.9 Å². The minimum atomic E-state index is -1.53. The van der Waals surface area contributed by atoms with E-state index >= 15 is 0 Å². The molecule has 1 fully saturated rings. The number of rotatable bonds is 5. The van der Waals surface area contributed by atoms with Gasteiger partial charge in [-0.05, 0) is 32.0 Å². The maximum absolute atomic E-state index is 12.8. The van der Waals surface area contributed by atoms with E-state index < -0.39 is 23.4 Å². The quantitative estimate of drug-likeness (QED) is 0.474. The minimum absolute atomic E-state index is 0.193. The monoisotopic (exact) mass is 317 g/mol. The van der Waals surface area contributed by atoms with Gasteiger partial charge in [-0.15, -0.1) is 0 Å². The zero-order valence-corrected chi connectivity index (χ0v) is 13.9. The summed E-state index contributed by atoms with van der Waals surface area (Å²) < 4.78 is 10.5. The Labute approximate surface area is 136 Å². The Balaban J connectivity index is 2.61. The van der Waals surface area contributed by atoms with Gasteiger partial charge in [0, 0.05) is 6.54 Å². The Morgan fingerprint density at radius 1 is 1.17 bits per heavy atom. The molecular formula is C18H23NO4. The van der Waals surface area contributed by atoms with Gasteiger partial charge in [0.1, 0.15) is 0 Å². The maximum Gasteiger partial charge on any atom is 0.329 e. The molecule has 1 aliphatic rings. The largest absolute Gasteiger partial charge is 0.465 e. The predicted octanol–water partition coefficient (Wildman–Crippen LogP) is 2.34. The summed E-state index contributed by atoms with van der Waals surface area (Å²) in [4.78, 5) is 27.6. The molecule has 0 aromatic heterocycles. The van der Waals surface area contributed by atoms with Crippen molar-refractivity contribution in [3.63, 3.8) is 0 Å². The molecule has 1 unspecified atom stereocenters. The van der Waals surface area contributed by atoms with Crippen LogP contribution in [0.4, 0.5) is 0 Å². The highest BCUT2D eigenvalue weighted by molar-refractivity contribution is 6.05. The summed E-state index contributed by atoms with van der Waals surface area (Å²) in [6, 6.07) is 8.95. The normalized spacial score (nSPS) is 20.3. The first-order chi connectivity index (χ1) is 11.0. The second-order valence-corrected chi connectivity index (χ2v) is 5.58. The molecule has 124 valence electrons. The van der Waals surface area contributed by atoms with Crippen LogP contribution in [0.1, 0.15) is 25.5 Å². The van der Waals surface area contributed by atoms with Crippen LogP contribution in [-0.2, 0) is 19.1 Å². The highest BCUT2D eigenvalue weighted by atomic mass is 16.6. The van der Waals surface area contributed by atoms with Gasteiger partial charge in [-0.25, -0.2) is 0 Å². The standard InChI is InChI=1S/C18H23NO4/c1-5-22-16(20)18(17(21)23-6-2)13(3)12-19(4)15(18)14-10-8-7-9-11-14/h7-11,15H,3,5-6,12H2,1-2,4H3. The molecule has 0 radical (unpaired) electrons. The van der Waals surface area contributed by atoms with Crippen LogP contribution in [0.3, 0.4) is 0 Å². The minimum Gasteiger partial charge on any atom is -0.465 e. The van der Waals surface area contributed by atoms with Crippen LogP contribution in [0.15, 0.2) is 42.5 Å². The summed E-state index contributed by atoms with van der Waals surface area (Å²) >= 11 is 0. The number of benzene rings is 1. The lowest BCUT2D eigenvalue weighted by Gasteiger charge is -2.33. The van der Waals surface area contributed by atoms with Gasteiger partial charge in [0.2, 0.25) is 5.41 Å². The molecule has 0 amide bonds. The molecule has 5 heteroatoms. The number of hydrogen-bond donors (Lipinski definition) is 0. The van der Waals surface area contributed by atoms with Gasteiger partial charge in [-0.3, -0.25) is 14.5 Å². The molecule has 1 atom stereocenters. The number of likely N-dealkylation sites (N-methyl/N-ethyl adjacent to an activating group) is 1. The van der Waals surface area contributed by atoms with Gasteiger partial charge < -0.3 is 9.47 Å². The molecule has 1 aromatic rings. The number of hydrogen-bond acceptors (Lipinski definition) is 5.